The Hall–Kier alpha value is -1.11. The van der Waals surface area contributed by atoms with Gasteiger partial charge in [0.25, 0.3) is 0 Å². The molecule has 6 heteroatoms. The van der Waals surface area contributed by atoms with Crippen LogP contribution in [0.15, 0.2) is 11.0 Å². The highest BCUT2D eigenvalue weighted by Gasteiger charge is 2.21. The number of nitrogen functional groups attached to an aromatic ring is 1. The van der Waals surface area contributed by atoms with Crippen molar-refractivity contribution in [3.63, 3.8) is 0 Å². The molecule has 120 valence electrons. The summed E-state index contributed by atoms with van der Waals surface area (Å²) in [7, 11) is -1.86. The third kappa shape index (κ3) is 4.69. The van der Waals surface area contributed by atoms with Crippen LogP contribution in [-0.4, -0.2) is 28.7 Å². The monoisotopic (exact) mass is 314 g/mol. The molecule has 0 unspecified atom stereocenters. The molecule has 1 aromatic carbocycles. The van der Waals surface area contributed by atoms with E-state index in [1.165, 1.54) is 0 Å². The molecule has 1 aromatic rings. The molecule has 0 heterocycles. The second-order valence-corrected chi connectivity index (χ2v) is 7.02. The van der Waals surface area contributed by atoms with Gasteiger partial charge >= 0.3 is 0 Å². The van der Waals surface area contributed by atoms with Gasteiger partial charge in [-0.25, -0.2) is 13.1 Å². The molecule has 0 aliphatic heterocycles. The van der Waals surface area contributed by atoms with E-state index in [0.717, 1.165) is 30.4 Å². The smallest absolute Gasteiger partial charge is 0.241 e. The van der Waals surface area contributed by atoms with E-state index in [1.807, 2.05) is 19.9 Å². The second kappa shape index (κ2) is 7.77. The van der Waals surface area contributed by atoms with E-state index in [1.54, 1.807) is 14.0 Å². The average Bonchev–Trinajstić information content (AvgIpc) is 2.40. The second-order valence-electron chi connectivity index (χ2n) is 5.31. The number of benzene rings is 1. The van der Waals surface area contributed by atoms with Gasteiger partial charge in [0.15, 0.2) is 0 Å². The topological polar surface area (TPSA) is 81.4 Å². The van der Waals surface area contributed by atoms with Crippen LogP contribution >= 0.6 is 0 Å². The highest BCUT2D eigenvalue weighted by molar-refractivity contribution is 7.89. The van der Waals surface area contributed by atoms with E-state index in [0.29, 0.717) is 29.3 Å². The van der Waals surface area contributed by atoms with Gasteiger partial charge in [-0.1, -0.05) is 0 Å². The molecule has 1 rings (SSSR count). The number of nitrogens with one attached hydrogen (secondary N) is 1. The SMILES string of the molecule is COCCCCCNS(=O)(=O)c1c(C)c(C)cc(N)c1C. The normalized spacial score (nSPS) is 11.8. The van der Waals surface area contributed by atoms with E-state index in [-0.39, 0.29) is 0 Å². The van der Waals surface area contributed by atoms with Gasteiger partial charge in [-0.2, -0.15) is 0 Å². The van der Waals surface area contributed by atoms with E-state index >= 15 is 0 Å². The van der Waals surface area contributed by atoms with Crippen molar-refractivity contribution in [3.8, 4) is 0 Å². The molecule has 0 aliphatic rings. The maximum atomic E-state index is 12.5. The summed E-state index contributed by atoms with van der Waals surface area (Å²) in [5.41, 5.74) is 8.66. The standard InChI is InChI=1S/C15H26N2O3S/c1-11-10-14(16)13(3)15(12(11)2)21(18,19)17-8-6-5-7-9-20-4/h10,17H,5-9,16H2,1-4H3. The van der Waals surface area contributed by atoms with Gasteiger partial charge in [-0.05, 0) is 62.8 Å². The molecule has 0 atom stereocenters. The number of sulfonamides is 1. The van der Waals surface area contributed by atoms with Crippen molar-refractivity contribution >= 4 is 15.7 Å². The lowest BCUT2D eigenvalue weighted by Gasteiger charge is -2.16. The van der Waals surface area contributed by atoms with Crippen LogP contribution in [0.1, 0.15) is 36.0 Å². The minimum Gasteiger partial charge on any atom is -0.398 e. The third-order valence-corrected chi connectivity index (χ3v) is 5.40. The molecule has 0 saturated heterocycles. The molecule has 0 aliphatic carbocycles. The number of rotatable bonds is 8. The van der Waals surface area contributed by atoms with Gasteiger partial charge in [-0.15, -0.1) is 0 Å². The van der Waals surface area contributed by atoms with Crippen molar-refractivity contribution < 1.29 is 13.2 Å². The van der Waals surface area contributed by atoms with Gasteiger partial charge < -0.3 is 10.5 Å². The third-order valence-electron chi connectivity index (χ3n) is 3.66. The van der Waals surface area contributed by atoms with Crippen molar-refractivity contribution in [2.24, 2.45) is 0 Å². The Balaban J connectivity index is 2.80. The fraction of sp³-hybridized carbons (Fsp3) is 0.600. The van der Waals surface area contributed by atoms with Gasteiger partial charge in [0, 0.05) is 25.9 Å². The Labute approximate surface area is 127 Å². The zero-order chi connectivity index (χ0) is 16.0. The summed E-state index contributed by atoms with van der Waals surface area (Å²) in [6.45, 7) is 6.57. The molecule has 0 fully saturated rings. The first kappa shape index (κ1) is 17.9. The Kier molecular flexibility index (Phi) is 6.64. The number of anilines is 1. The van der Waals surface area contributed by atoms with Crippen LogP contribution in [-0.2, 0) is 14.8 Å². The van der Waals surface area contributed by atoms with Gasteiger partial charge in [-0.3, -0.25) is 0 Å². The molecule has 21 heavy (non-hydrogen) atoms. The lowest BCUT2D eigenvalue weighted by Crippen LogP contribution is -2.27. The number of aryl methyl sites for hydroxylation is 1. The maximum absolute atomic E-state index is 12.5. The van der Waals surface area contributed by atoms with Crippen molar-refractivity contribution in [1.29, 1.82) is 0 Å². The molecule has 0 radical (unpaired) electrons. The number of methoxy groups -OCH3 is 1. The van der Waals surface area contributed by atoms with Crippen molar-refractivity contribution in [2.45, 2.75) is 44.9 Å². The lowest BCUT2D eigenvalue weighted by molar-refractivity contribution is 0.192. The van der Waals surface area contributed by atoms with E-state index in [9.17, 15) is 8.42 Å². The zero-order valence-corrected chi connectivity index (χ0v) is 14.1. The highest BCUT2D eigenvalue weighted by Crippen LogP contribution is 2.27. The maximum Gasteiger partial charge on any atom is 0.241 e. The fourth-order valence-electron chi connectivity index (χ4n) is 2.27. The van der Waals surface area contributed by atoms with Gasteiger partial charge in [0.1, 0.15) is 0 Å². The molecule has 3 N–H and O–H groups in total. The van der Waals surface area contributed by atoms with Crippen LogP contribution in [0.4, 0.5) is 5.69 Å². The highest BCUT2D eigenvalue weighted by atomic mass is 32.2. The van der Waals surface area contributed by atoms with Crippen LogP contribution in [0.5, 0.6) is 0 Å². The van der Waals surface area contributed by atoms with Crippen LogP contribution in [0.25, 0.3) is 0 Å². The molecular formula is C15H26N2O3S. The minimum atomic E-state index is -3.52. The Morgan fingerprint density at radius 3 is 2.43 bits per heavy atom. The number of hydrogen-bond acceptors (Lipinski definition) is 4. The molecule has 0 spiro atoms. The van der Waals surface area contributed by atoms with Crippen molar-refractivity contribution in [1.82, 2.24) is 4.72 Å². The quantitative estimate of drug-likeness (QED) is 0.570. The summed E-state index contributed by atoms with van der Waals surface area (Å²) in [6, 6.07) is 1.81. The molecule has 5 nitrogen and oxygen atoms in total. The first-order chi connectivity index (χ1) is 9.81. The van der Waals surface area contributed by atoms with E-state index in [4.69, 9.17) is 10.5 Å². The Morgan fingerprint density at radius 2 is 1.81 bits per heavy atom. The zero-order valence-electron chi connectivity index (χ0n) is 13.3. The average molecular weight is 314 g/mol. The summed E-state index contributed by atoms with van der Waals surface area (Å²) >= 11 is 0. The summed E-state index contributed by atoms with van der Waals surface area (Å²) in [6.07, 6.45) is 2.67. The molecule has 0 bridgehead atoms. The predicted octanol–water partition coefficient (Wildman–Crippen LogP) is 2.29. The van der Waals surface area contributed by atoms with Crippen LogP contribution in [0, 0.1) is 20.8 Å². The Morgan fingerprint density at radius 1 is 1.14 bits per heavy atom. The summed E-state index contributed by atoms with van der Waals surface area (Å²) in [4.78, 5) is 0.317. The van der Waals surface area contributed by atoms with Crippen molar-refractivity contribution in [2.75, 3.05) is 26.0 Å². The first-order valence-corrected chi connectivity index (χ1v) is 8.64. The molecule has 0 aromatic heterocycles. The van der Waals surface area contributed by atoms with Crippen LogP contribution in [0.2, 0.25) is 0 Å². The lowest BCUT2D eigenvalue weighted by atomic mass is 10.1. The summed E-state index contributed by atoms with van der Waals surface area (Å²) < 4.78 is 32.6. The number of nitrogens with two attached hydrogens (primary N) is 1. The summed E-state index contributed by atoms with van der Waals surface area (Å²) in [5.74, 6) is 0. The minimum absolute atomic E-state index is 0.317. The molecular weight excluding hydrogens is 288 g/mol. The molecule has 0 amide bonds. The predicted molar refractivity (Wildman–Crippen MR) is 86.0 cm³/mol. The van der Waals surface area contributed by atoms with Gasteiger partial charge in [0.2, 0.25) is 10.0 Å². The number of unbranched alkanes of at least 4 members (excludes halogenated alkanes) is 2. The van der Waals surface area contributed by atoms with Crippen LogP contribution in [0.3, 0.4) is 0 Å². The van der Waals surface area contributed by atoms with E-state index < -0.39 is 10.0 Å². The fourth-order valence-corrected chi connectivity index (χ4v) is 3.91. The van der Waals surface area contributed by atoms with Crippen LogP contribution < -0.4 is 10.5 Å². The largest absolute Gasteiger partial charge is 0.398 e. The Bertz CT molecular complexity index is 557. The number of ether oxygens (including phenoxy) is 1. The van der Waals surface area contributed by atoms with Crippen molar-refractivity contribution in [3.05, 3.63) is 22.8 Å². The molecule has 0 saturated carbocycles. The number of hydrogen-bond donors (Lipinski definition) is 2. The van der Waals surface area contributed by atoms with E-state index in [2.05, 4.69) is 4.72 Å². The van der Waals surface area contributed by atoms with Gasteiger partial charge in [0.05, 0.1) is 4.90 Å². The summed E-state index contributed by atoms with van der Waals surface area (Å²) in [5, 5.41) is 0. The first-order valence-electron chi connectivity index (χ1n) is 7.16.